The van der Waals surface area contributed by atoms with E-state index in [4.69, 9.17) is 0 Å². The molecule has 0 unspecified atom stereocenters. The van der Waals surface area contributed by atoms with E-state index in [0.717, 1.165) is 19.3 Å². The van der Waals surface area contributed by atoms with Crippen LogP contribution in [0, 0.1) is 5.92 Å². The maximum atomic E-state index is 12.9. The van der Waals surface area contributed by atoms with Crippen LogP contribution < -0.4 is 20.1 Å². The van der Waals surface area contributed by atoms with E-state index in [1.54, 1.807) is 0 Å². The first-order valence-corrected chi connectivity index (χ1v) is 6.92. The molecular formula is C14H14F2N2O4. The third-order valence-corrected chi connectivity index (χ3v) is 3.64. The Morgan fingerprint density at radius 1 is 1.18 bits per heavy atom. The highest BCUT2D eigenvalue weighted by molar-refractivity contribution is 6.39. The number of ether oxygens (including phenoxy) is 2. The SMILES string of the molecule is O=C(NCC1CCC1)C(=O)Nc1ccc2c(c1)OC(F)(F)O2. The number of amides is 2. The van der Waals surface area contributed by atoms with Crippen molar-refractivity contribution in [1.29, 1.82) is 0 Å². The summed E-state index contributed by atoms with van der Waals surface area (Å²) in [7, 11) is 0. The fraction of sp³-hybridized carbons (Fsp3) is 0.429. The molecule has 0 bridgehead atoms. The van der Waals surface area contributed by atoms with Gasteiger partial charge in [0.15, 0.2) is 11.5 Å². The van der Waals surface area contributed by atoms with Gasteiger partial charge in [-0.3, -0.25) is 9.59 Å². The normalized spacial score (nSPS) is 18.5. The third-order valence-electron chi connectivity index (χ3n) is 3.64. The minimum Gasteiger partial charge on any atom is -0.395 e. The number of halogens is 2. The van der Waals surface area contributed by atoms with Gasteiger partial charge in [-0.25, -0.2) is 0 Å². The van der Waals surface area contributed by atoms with E-state index >= 15 is 0 Å². The molecule has 22 heavy (non-hydrogen) atoms. The van der Waals surface area contributed by atoms with Crippen LogP contribution in [0.25, 0.3) is 0 Å². The van der Waals surface area contributed by atoms with E-state index in [-0.39, 0.29) is 17.2 Å². The second-order valence-electron chi connectivity index (χ2n) is 5.29. The van der Waals surface area contributed by atoms with Crippen molar-refractivity contribution >= 4 is 17.5 Å². The van der Waals surface area contributed by atoms with Gasteiger partial charge in [0.2, 0.25) is 0 Å². The fourth-order valence-electron chi connectivity index (χ4n) is 2.23. The van der Waals surface area contributed by atoms with Crippen molar-refractivity contribution in [2.24, 2.45) is 5.92 Å². The van der Waals surface area contributed by atoms with Gasteiger partial charge in [0.25, 0.3) is 0 Å². The van der Waals surface area contributed by atoms with Gasteiger partial charge in [0, 0.05) is 18.3 Å². The lowest BCUT2D eigenvalue weighted by molar-refractivity contribution is -0.286. The molecule has 1 aromatic rings. The molecular weight excluding hydrogens is 298 g/mol. The molecule has 2 N–H and O–H groups in total. The van der Waals surface area contributed by atoms with E-state index in [2.05, 4.69) is 20.1 Å². The van der Waals surface area contributed by atoms with Crippen LogP contribution >= 0.6 is 0 Å². The molecule has 0 atom stereocenters. The number of carbonyl (C=O) groups is 2. The average molecular weight is 312 g/mol. The number of fused-ring (bicyclic) bond motifs is 1. The molecule has 6 nitrogen and oxygen atoms in total. The summed E-state index contributed by atoms with van der Waals surface area (Å²) < 4.78 is 34.3. The largest absolute Gasteiger partial charge is 0.586 e. The molecule has 1 aliphatic carbocycles. The summed E-state index contributed by atoms with van der Waals surface area (Å²) in [6.45, 7) is 0.472. The first-order chi connectivity index (χ1) is 10.4. The quantitative estimate of drug-likeness (QED) is 0.835. The summed E-state index contributed by atoms with van der Waals surface area (Å²) in [4.78, 5) is 23.3. The number of rotatable bonds is 3. The fourth-order valence-corrected chi connectivity index (χ4v) is 2.23. The summed E-state index contributed by atoms with van der Waals surface area (Å²) in [5, 5.41) is 4.87. The van der Waals surface area contributed by atoms with Crippen molar-refractivity contribution in [3.63, 3.8) is 0 Å². The highest BCUT2D eigenvalue weighted by atomic mass is 19.3. The van der Waals surface area contributed by atoms with E-state index in [1.165, 1.54) is 18.2 Å². The van der Waals surface area contributed by atoms with Gasteiger partial charge in [0.1, 0.15) is 0 Å². The van der Waals surface area contributed by atoms with Crippen molar-refractivity contribution in [3.8, 4) is 11.5 Å². The molecule has 2 amide bonds. The number of carbonyl (C=O) groups excluding carboxylic acids is 2. The smallest absolute Gasteiger partial charge is 0.395 e. The lowest BCUT2D eigenvalue weighted by atomic mass is 9.85. The molecule has 0 radical (unpaired) electrons. The number of alkyl halides is 2. The predicted octanol–water partition coefficient (Wildman–Crippen LogP) is 1.86. The Morgan fingerprint density at radius 2 is 1.91 bits per heavy atom. The monoisotopic (exact) mass is 312 g/mol. The number of benzene rings is 1. The van der Waals surface area contributed by atoms with Crippen LogP contribution in [0.3, 0.4) is 0 Å². The van der Waals surface area contributed by atoms with Crippen LogP contribution in [0.1, 0.15) is 19.3 Å². The molecule has 1 aliphatic heterocycles. The van der Waals surface area contributed by atoms with Crippen LogP contribution in [0.5, 0.6) is 11.5 Å². The van der Waals surface area contributed by atoms with Gasteiger partial charge in [-0.05, 0) is 30.9 Å². The molecule has 0 spiro atoms. The van der Waals surface area contributed by atoms with Crippen LogP contribution in [0.2, 0.25) is 0 Å². The van der Waals surface area contributed by atoms with Crippen LogP contribution in [-0.2, 0) is 9.59 Å². The Morgan fingerprint density at radius 3 is 2.59 bits per heavy atom. The highest BCUT2D eigenvalue weighted by Gasteiger charge is 2.43. The summed E-state index contributed by atoms with van der Waals surface area (Å²) >= 11 is 0. The van der Waals surface area contributed by atoms with Gasteiger partial charge in [-0.1, -0.05) is 6.42 Å². The number of anilines is 1. The molecule has 0 saturated heterocycles. The summed E-state index contributed by atoms with van der Waals surface area (Å²) in [5.41, 5.74) is 0.170. The predicted molar refractivity (Wildman–Crippen MR) is 71.6 cm³/mol. The van der Waals surface area contributed by atoms with Crippen LogP contribution in [-0.4, -0.2) is 24.7 Å². The minimum absolute atomic E-state index is 0.127. The molecule has 1 heterocycles. The maximum absolute atomic E-state index is 12.9. The standard InChI is InChI=1S/C14H14F2N2O4/c15-14(16)21-10-5-4-9(6-11(10)22-14)18-13(20)12(19)17-7-8-2-1-3-8/h4-6,8H,1-3,7H2,(H,17,19)(H,18,20). The van der Waals surface area contributed by atoms with Gasteiger partial charge in [0.05, 0.1) is 0 Å². The molecule has 8 heteroatoms. The second kappa shape index (κ2) is 5.43. The summed E-state index contributed by atoms with van der Waals surface area (Å²) in [5.74, 6) is -1.50. The molecule has 1 aromatic carbocycles. The molecule has 1 saturated carbocycles. The van der Waals surface area contributed by atoms with Crippen molar-refractivity contribution in [1.82, 2.24) is 5.32 Å². The van der Waals surface area contributed by atoms with Crippen LogP contribution in [0.4, 0.5) is 14.5 Å². The van der Waals surface area contributed by atoms with Crippen molar-refractivity contribution in [2.75, 3.05) is 11.9 Å². The van der Waals surface area contributed by atoms with Gasteiger partial charge >= 0.3 is 18.1 Å². The number of hydrogen-bond donors (Lipinski definition) is 2. The zero-order valence-electron chi connectivity index (χ0n) is 11.5. The highest BCUT2D eigenvalue weighted by Crippen LogP contribution is 2.42. The Hall–Kier alpha value is -2.38. The van der Waals surface area contributed by atoms with Crippen molar-refractivity contribution < 1.29 is 27.8 Å². The second-order valence-corrected chi connectivity index (χ2v) is 5.29. The molecule has 0 aromatic heterocycles. The zero-order chi connectivity index (χ0) is 15.7. The van der Waals surface area contributed by atoms with E-state index in [1.807, 2.05) is 0 Å². The van der Waals surface area contributed by atoms with E-state index in [0.29, 0.717) is 12.5 Å². The number of nitrogens with one attached hydrogen (secondary N) is 2. The first-order valence-electron chi connectivity index (χ1n) is 6.92. The third kappa shape index (κ3) is 3.10. The lowest BCUT2D eigenvalue weighted by Crippen LogP contribution is -2.39. The molecule has 118 valence electrons. The van der Waals surface area contributed by atoms with Crippen molar-refractivity contribution in [3.05, 3.63) is 18.2 Å². The lowest BCUT2D eigenvalue weighted by Gasteiger charge is -2.25. The topological polar surface area (TPSA) is 76.7 Å². The summed E-state index contributed by atoms with van der Waals surface area (Å²) in [6, 6.07) is 3.76. The Kier molecular flexibility index (Phi) is 3.59. The molecule has 2 aliphatic rings. The van der Waals surface area contributed by atoms with E-state index < -0.39 is 18.1 Å². The maximum Gasteiger partial charge on any atom is 0.586 e. The average Bonchev–Trinajstić information content (AvgIpc) is 2.69. The Balaban J connectivity index is 1.56. The van der Waals surface area contributed by atoms with Crippen molar-refractivity contribution in [2.45, 2.75) is 25.6 Å². The number of hydrogen-bond acceptors (Lipinski definition) is 4. The minimum atomic E-state index is -3.72. The first kappa shape index (κ1) is 14.6. The van der Waals surface area contributed by atoms with Gasteiger partial charge < -0.3 is 20.1 Å². The Labute approximate surface area is 124 Å². The van der Waals surface area contributed by atoms with Crippen LogP contribution in [0.15, 0.2) is 18.2 Å². The van der Waals surface area contributed by atoms with Gasteiger partial charge in [-0.15, -0.1) is 8.78 Å². The zero-order valence-corrected chi connectivity index (χ0v) is 11.5. The Bertz CT molecular complexity index is 617. The molecule has 1 fully saturated rings. The molecule has 3 rings (SSSR count). The van der Waals surface area contributed by atoms with Gasteiger partial charge in [-0.2, -0.15) is 0 Å². The van der Waals surface area contributed by atoms with E-state index in [9.17, 15) is 18.4 Å². The summed E-state index contributed by atoms with van der Waals surface area (Å²) in [6.07, 6.45) is -0.462.